The molecule has 1 aromatic carbocycles. The third kappa shape index (κ3) is 3.36. The molecule has 1 amide bonds. The van der Waals surface area contributed by atoms with Gasteiger partial charge in [0.25, 0.3) is 0 Å². The molecular formula is C17H22N4O. The van der Waals surface area contributed by atoms with E-state index in [-0.39, 0.29) is 5.91 Å². The first-order valence-electron chi connectivity index (χ1n) is 7.76. The lowest BCUT2D eigenvalue weighted by Crippen LogP contribution is -2.51. The molecule has 0 spiro atoms. The molecular weight excluding hydrogens is 276 g/mol. The Labute approximate surface area is 130 Å². The van der Waals surface area contributed by atoms with Gasteiger partial charge in [-0.05, 0) is 24.0 Å². The van der Waals surface area contributed by atoms with Crippen LogP contribution in [0.5, 0.6) is 0 Å². The zero-order valence-corrected chi connectivity index (χ0v) is 12.7. The fraction of sp³-hybridized carbons (Fsp3) is 0.412. The summed E-state index contributed by atoms with van der Waals surface area (Å²) in [4.78, 5) is 16.2. The van der Waals surface area contributed by atoms with Crippen molar-refractivity contribution in [1.29, 1.82) is 0 Å². The van der Waals surface area contributed by atoms with E-state index in [0.29, 0.717) is 6.54 Å². The lowest BCUT2D eigenvalue weighted by Gasteiger charge is -2.22. The van der Waals surface area contributed by atoms with Gasteiger partial charge in [-0.3, -0.25) is 4.79 Å². The fourth-order valence-corrected chi connectivity index (χ4v) is 2.94. The molecule has 3 rings (SSSR count). The number of carbonyl (C=O) groups excluding carboxylic acids is 1. The molecule has 1 heterocycles. The summed E-state index contributed by atoms with van der Waals surface area (Å²) in [6, 6.07) is 8.25. The Hall–Kier alpha value is -2.14. The van der Waals surface area contributed by atoms with E-state index in [9.17, 15) is 4.79 Å². The van der Waals surface area contributed by atoms with Crippen LogP contribution in [0.2, 0.25) is 0 Å². The van der Waals surface area contributed by atoms with Gasteiger partial charge in [-0.25, -0.2) is 4.98 Å². The molecule has 1 aliphatic carbocycles. The van der Waals surface area contributed by atoms with Gasteiger partial charge in [-0.15, -0.1) is 0 Å². The van der Waals surface area contributed by atoms with Crippen LogP contribution in [-0.4, -0.2) is 21.0 Å². The Morgan fingerprint density at radius 2 is 1.91 bits per heavy atom. The number of nitrogens with zero attached hydrogens (tertiary/aromatic N) is 2. The van der Waals surface area contributed by atoms with E-state index < -0.39 is 5.54 Å². The Balaban J connectivity index is 1.54. The number of amides is 1. The topological polar surface area (TPSA) is 72.9 Å². The van der Waals surface area contributed by atoms with Crippen LogP contribution in [0.4, 0.5) is 0 Å². The average Bonchev–Trinajstić information content (AvgIpc) is 3.19. The first kappa shape index (κ1) is 14.8. The predicted molar refractivity (Wildman–Crippen MR) is 85.0 cm³/mol. The number of rotatable bonds is 5. The number of imidazole rings is 1. The first-order valence-corrected chi connectivity index (χ1v) is 7.76. The number of nitrogens with one attached hydrogen (secondary N) is 1. The molecule has 0 radical (unpaired) electrons. The lowest BCUT2D eigenvalue weighted by atomic mass is 9.98. The van der Waals surface area contributed by atoms with Gasteiger partial charge in [0.1, 0.15) is 0 Å². The van der Waals surface area contributed by atoms with E-state index in [0.717, 1.165) is 37.8 Å². The van der Waals surface area contributed by atoms with Crippen LogP contribution in [0.3, 0.4) is 0 Å². The molecule has 1 aliphatic rings. The number of nitrogens with two attached hydrogens (primary N) is 1. The molecule has 1 fully saturated rings. The van der Waals surface area contributed by atoms with Gasteiger partial charge < -0.3 is 15.6 Å². The molecule has 1 aromatic heterocycles. The fourth-order valence-electron chi connectivity index (χ4n) is 2.94. The zero-order chi connectivity index (χ0) is 15.4. The van der Waals surface area contributed by atoms with Crippen molar-refractivity contribution in [3.05, 3.63) is 54.1 Å². The number of benzene rings is 1. The highest BCUT2D eigenvalue weighted by Gasteiger charge is 2.36. The second-order valence-electron chi connectivity index (χ2n) is 6.10. The third-order valence-electron chi connectivity index (χ3n) is 4.35. The summed E-state index contributed by atoms with van der Waals surface area (Å²) in [6.45, 7) is 1.34. The van der Waals surface area contributed by atoms with Crippen LogP contribution < -0.4 is 11.1 Å². The SMILES string of the molecule is NC1(C(=O)NCc2ccc(Cn3ccnc3)cc2)CCCC1. The van der Waals surface area contributed by atoms with Crippen molar-refractivity contribution in [1.82, 2.24) is 14.9 Å². The molecule has 22 heavy (non-hydrogen) atoms. The molecule has 5 heteroatoms. The molecule has 1 saturated carbocycles. The van der Waals surface area contributed by atoms with E-state index in [2.05, 4.69) is 22.4 Å². The summed E-state index contributed by atoms with van der Waals surface area (Å²) in [5, 5.41) is 2.97. The molecule has 0 unspecified atom stereocenters. The van der Waals surface area contributed by atoms with E-state index in [4.69, 9.17) is 5.73 Å². The molecule has 0 atom stereocenters. The quantitative estimate of drug-likeness (QED) is 0.884. The highest BCUT2D eigenvalue weighted by Crippen LogP contribution is 2.27. The molecule has 0 bridgehead atoms. The third-order valence-corrected chi connectivity index (χ3v) is 4.35. The van der Waals surface area contributed by atoms with Crippen LogP contribution in [0.15, 0.2) is 43.0 Å². The van der Waals surface area contributed by atoms with Gasteiger partial charge in [-0.2, -0.15) is 0 Å². The largest absolute Gasteiger partial charge is 0.350 e. The van der Waals surface area contributed by atoms with Crippen molar-refractivity contribution < 1.29 is 4.79 Å². The van der Waals surface area contributed by atoms with Crippen LogP contribution in [0.25, 0.3) is 0 Å². The van der Waals surface area contributed by atoms with Crippen molar-refractivity contribution in [2.24, 2.45) is 5.73 Å². The van der Waals surface area contributed by atoms with Gasteiger partial charge in [-0.1, -0.05) is 37.1 Å². The molecule has 5 nitrogen and oxygen atoms in total. The van der Waals surface area contributed by atoms with Crippen molar-refractivity contribution in [2.45, 2.75) is 44.3 Å². The Bertz CT molecular complexity index is 613. The summed E-state index contributed by atoms with van der Waals surface area (Å²) >= 11 is 0. The molecule has 116 valence electrons. The molecule has 0 aliphatic heterocycles. The van der Waals surface area contributed by atoms with Gasteiger partial charge in [0, 0.05) is 25.5 Å². The van der Waals surface area contributed by atoms with E-state index in [1.807, 2.05) is 22.9 Å². The van der Waals surface area contributed by atoms with Crippen LogP contribution in [-0.2, 0) is 17.9 Å². The second kappa shape index (κ2) is 6.32. The number of aromatic nitrogens is 2. The Morgan fingerprint density at radius 1 is 1.23 bits per heavy atom. The van der Waals surface area contributed by atoms with Crippen LogP contribution in [0, 0.1) is 0 Å². The van der Waals surface area contributed by atoms with Crippen molar-refractivity contribution in [3.8, 4) is 0 Å². The molecule has 0 saturated heterocycles. The Kier molecular flexibility index (Phi) is 4.24. The number of hydrogen-bond donors (Lipinski definition) is 2. The van der Waals surface area contributed by atoms with Crippen molar-refractivity contribution in [3.63, 3.8) is 0 Å². The maximum absolute atomic E-state index is 12.2. The summed E-state index contributed by atoms with van der Waals surface area (Å²) in [5.41, 5.74) is 7.79. The van der Waals surface area contributed by atoms with Crippen molar-refractivity contribution >= 4 is 5.91 Å². The monoisotopic (exact) mass is 298 g/mol. The van der Waals surface area contributed by atoms with Gasteiger partial charge in [0.05, 0.1) is 11.9 Å². The first-order chi connectivity index (χ1) is 10.7. The van der Waals surface area contributed by atoms with Crippen LogP contribution in [0.1, 0.15) is 36.8 Å². The normalized spacial score (nSPS) is 16.6. The zero-order valence-electron chi connectivity index (χ0n) is 12.7. The smallest absolute Gasteiger partial charge is 0.240 e. The Morgan fingerprint density at radius 3 is 2.55 bits per heavy atom. The number of carbonyl (C=O) groups is 1. The minimum Gasteiger partial charge on any atom is -0.350 e. The second-order valence-corrected chi connectivity index (χ2v) is 6.10. The van der Waals surface area contributed by atoms with Gasteiger partial charge in [0.15, 0.2) is 0 Å². The van der Waals surface area contributed by atoms with E-state index >= 15 is 0 Å². The van der Waals surface area contributed by atoms with Crippen LogP contribution >= 0.6 is 0 Å². The standard InChI is InChI=1S/C17H22N4O/c18-17(7-1-2-8-17)16(22)20-11-14-3-5-15(6-4-14)12-21-10-9-19-13-21/h3-6,9-10,13H,1-2,7-8,11-12,18H2,(H,20,22). The van der Waals surface area contributed by atoms with Gasteiger partial charge >= 0.3 is 0 Å². The summed E-state index contributed by atoms with van der Waals surface area (Å²) < 4.78 is 2.02. The lowest BCUT2D eigenvalue weighted by molar-refractivity contribution is -0.126. The summed E-state index contributed by atoms with van der Waals surface area (Å²) in [6.07, 6.45) is 9.20. The van der Waals surface area contributed by atoms with Crippen molar-refractivity contribution in [2.75, 3.05) is 0 Å². The van der Waals surface area contributed by atoms with E-state index in [1.165, 1.54) is 5.56 Å². The predicted octanol–water partition coefficient (Wildman–Crippen LogP) is 1.82. The van der Waals surface area contributed by atoms with E-state index in [1.54, 1.807) is 12.5 Å². The average molecular weight is 298 g/mol. The highest BCUT2D eigenvalue weighted by molar-refractivity contribution is 5.86. The molecule has 3 N–H and O–H groups in total. The molecule has 2 aromatic rings. The number of hydrogen-bond acceptors (Lipinski definition) is 3. The highest BCUT2D eigenvalue weighted by atomic mass is 16.2. The van der Waals surface area contributed by atoms with Gasteiger partial charge in [0.2, 0.25) is 5.91 Å². The maximum Gasteiger partial charge on any atom is 0.240 e. The minimum atomic E-state index is -0.651. The minimum absolute atomic E-state index is 0.0208. The summed E-state index contributed by atoms with van der Waals surface area (Å²) in [5.74, 6) is -0.0208. The maximum atomic E-state index is 12.2. The summed E-state index contributed by atoms with van der Waals surface area (Å²) in [7, 11) is 0.